The van der Waals surface area contributed by atoms with E-state index >= 15 is 0 Å². The lowest BCUT2D eigenvalue weighted by molar-refractivity contribution is -0.119. The predicted molar refractivity (Wildman–Crippen MR) is 101 cm³/mol. The fraction of sp³-hybridized carbons (Fsp3) is 0.571. The number of primary amides is 1. The van der Waals surface area contributed by atoms with Crippen LogP contribution >= 0.6 is 0 Å². The number of phenolic OH excluding ortho intramolecular Hbond substituents is 1. The van der Waals surface area contributed by atoms with Gasteiger partial charge in [0, 0.05) is 0 Å². The molecule has 134 valence electrons. The number of hydrogen-bond acceptors (Lipinski definition) is 2. The zero-order valence-electron chi connectivity index (χ0n) is 15.0. The van der Waals surface area contributed by atoms with Gasteiger partial charge in [-0.1, -0.05) is 69.7 Å². The second kappa shape index (κ2) is 12.6. The average molecular weight is 332 g/mol. The van der Waals surface area contributed by atoms with E-state index < -0.39 is 0 Å². The summed E-state index contributed by atoms with van der Waals surface area (Å²) in [6, 6.07) is 6.80. The number of allylic oxidation sites excluding steroid dienone is 2. The van der Waals surface area contributed by atoms with E-state index in [4.69, 9.17) is 5.73 Å². The number of nitrogens with two attached hydrogens (primary N) is 1. The van der Waals surface area contributed by atoms with Crippen molar-refractivity contribution in [2.24, 2.45) is 5.73 Å². The molecule has 0 heterocycles. The number of amides is 1. The van der Waals surface area contributed by atoms with E-state index in [1.54, 1.807) is 24.3 Å². The second-order valence-electron chi connectivity index (χ2n) is 6.48. The van der Waals surface area contributed by atoms with Gasteiger partial charge in [0.05, 0.1) is 5.92 Å². The van der Waals surface area contributed by atoms with Crippen molar-refractivity contribution in [3.05, 3.63) is 42.0 Å². The van der Waals surface area contributed by atoms with E-state index in [-0.39, 0.29) is 17.6 Å². The molecule has 1 atom stereocenters. The maximum atomic E-state index is 11.7. The van der Waals surface area contributed by atoms with Crippen LogP contribution in [0.3, 0.4) is 0 Å². The molecule has 0 fully saturated rings. The number of aromatic hydroxyl groups is 1. The first-order valence-corrected chi connectivity index (χ1v) is 9.38. The van der Waals surface area contributed by atoms with Crippen LogP contribution in [0.5, 0.6) is 5.75 Å². The van der Waals surface area contributed by atoms with Gasteiger partial charge in [-0.05, 0) is 43.4 Å². The largest absolute Gasteiger partial charge is 0.508 e. The Morgan fingerprint density at radius 3 is 2.17 bits per heavy atom. The van der Waals surface area contributed by atoms with Crippen molar-refractivity contribution in [1.29, 1.82) is 0 Å². The molecule has 0 aromatic heterocycles. The Hall–Kier alpha value is -1.77. The highest BCUT2D eigenvalue weighted by atomic mass is 16.3. The third-order valence-electron chi connectivity index (χ3n) is 4.40. The van der Waals surface area contributed by atoms with Gasteiger partial charge >= 0.3 is 0 Å². The molecule has 0 saturated heterocycles. The molecule has 0 spiro atoms. The summed E-state index contributed by atoms with van der Waals surface area (Å²) in [5.74, 6) is -0.302. The molecule has 0 saturated carbocycles. The number of hydrogen-bond donors (Lipinski definition) is 2. The Morgan fingerprint density at radius 2 is 1.58 bits per heavy atom. The van der Waals surface area contributed by atoms with Crippen molar-refractivity contribution >= 4 is 5.91 Å². The minimum atomic E-state index is -0.277. The first-order valence-electron chi connectivity index (χ1n) is 9.38. The molecule has 0 radical (unpaired) electrons. The van der Waals surface area contributed by atoms with Crippen LogP contribution in [0.4, 0.5) is 0 Å². The Labute approximate surface area is 147 Å². The molecule has 0 aliphatic carbocycles. The van der Waals surface area contributed by atoms with Crippen LogP contribution in [0.25, 0.3) is 0 Å². The quantitative estimate of drug-likeness (QED) is 0.373. The zero-order chi connectivity index (χ0) is 17.6. The highest BCUT2D eigenvalue weighted by molar-refractivity contribution is 5.81. The van der Waals surface area contributed by atoms with Crippen LogP contribution < -0.4 is 5.73 Å². The molecule has 3 heteroatoms. The highest BCUT2D eigenvalue weighted by Gasteiger charge is 2.17. The van der Waals surface area contributed by atoms with Gasteiger partial charge < -0.3 is 10.8 Å². The fourth-order valence-electron chi connectivity index (χ4n) is 2.96. The van der Waals surface area contributed by atoms with Crippen LogP contribution in [-0.2, 0) is 4.79 Å². The van der Waals surface area contributed by atoms with Crippen LogP contribution in [0, 0.1) is 0 Å². The Morgan fingerprint density at radius 1 is 1.00 bits per heavy atom. The van der Waals surface area contributed by atoms with Gasteiger partial charge in [0.2, 0.25) is 5.91 Å². The van der Waals surface area contributed by atoms with E-state index in [9.17, 15) is 9.90 Å². The molecule has 0 aliphatic heterocycles. The van der Waals surface area contributed by atoms with Gasteiger partial charge in [-0.25, -0.2) is 0 Å². The SMILES string of the molecule is CCC=CCCCCCCCCCC(C(N)=O)c1ccc(O)cc1. The van der Waals surface area contributed by atoms with E-state index in [0.29, 0.717) is 0 Å². The number of benzene rings is 1. The number of carbonyl (C=O) groups is 1. The van der Waals surface area contributed by atoms with Gasteiger partial charge in [-0.3, -0.25) is 4.79 Å². The summed E-state index contributed by atoms with van der Waals surface area (Å²) in [7, 11) is 0. The Kier molecular flexibility index (Phi) is 10.7. The normalized spacial score (nSPS) is 12.5. The molecule has 3 N–H and O–H groups in total. The van der Waals surface area contributed by atoms with Crippen molar-refractivity contribution in [1.82, 2.24) is 0 Å². The van der Waals surface area contributed by atoms with Crippen molar-refractivity contribution < 1.29 is 9.90 Å². The van der Waals surface area contributed by atoms with Crippen LogP contribution in [0.1, 0.15) is 82.6 Å². The Balaban J connectivity index is 2.13. The third-order valence-corrected chi connectivity index (χ3v) is 4.40. The molecule has 1 unspecified atom stereocenters. The van der Waals surface area contributed by atoms with Crippen molar-refractivity contribution in [3.63, 3.8) is 0 Å². The number of rotatable bonds is 13. The molecule has 0 aliphatic rings. The lowest BCUT2D eigenvalue weighted by Crippen LogP contribution is -2.21. The molecule has 1 aromatic rings. The average Bonchev–Trinajstić information content (AvgIpc) is 2.57. The molecule has 1 rings (SSSR count). The molecular weight excluding hydrogens is 298 g/mol. The maximum Gasteiger partial charge on any atom is 0.224 e. The zero-order valence-corrected chi connectivity index (χ0v) is 15.0. The highest BCUT2D eigenvalue weighted by Crippen LogP contribution is 2.24. The summed E-state index contributed by atoms with van der Waals surface area (Å²) < 4.78 is 0. The molecular formula is C21H33NO2. The van der Waals surface area contributed by atoms with Crippen molar-refractivity contribution in [2.75, 3.05) is 0 Å². The monoisotopic (exact) mass is 331 g/mol. The summed E-state index contributed by atoms with van der Waals surface area (Å²) in [5.41, 5.74) is 6.43. The minimum absolute atomic E-state index is 0.215. The van der Waals surface area contributed by atoms with E-state index in [1.165, 1.54) is 38.5 Å². The summed E-state index contributed by atoms with van der Waals surface area (Å²) in [5, 5.41) is 9.33. The van der Waals surface area contributed by atoms with E-state index in [1.807, 2.05) is 0 Å². The summed E-state index contributed by atoms with van der Waals surface area (Å²) >= 11 is 0. The fourth-order valence-corrected chi connectivity index (χ4v) is 2.96. The van der Waals surface area contributed by atoms with Crippen molar-refractivity contribution in [2.45, 2.75) is 77.0 Å². The molecule has 3 nitrogen and oxygen atoms in total. The van der Waals surface area contributed by atoms with Crippen LogP contribution in [-0.4, -0.2) is 11.0 Å². The second-order valence-corrected chi connectivity index (χ2v) is 6.48. The number of carbonyl (C=O) groups excluding carboxylic acids is 1. The van der Waals surface area contributed by atoms with E-state index in [0.717, 1.165) is 31.2 Å². The van der Waals surface area contributed by atoms with Gasteiger partial charge in [0.15, 0.2) is 0 Å². The van der Waals surface area contributed by atoms with Gasteiger partial charge in [0.1, 0.15) is 5.75 Å². The standard InChI is InChI=1S/C21H33NO2/c1-2-3-4-5-6-7-8-9-10-11-12-13-20(21(22)24)18-14-16-19(23)17-15-18/h3-4,14-17,20,23H,2,5-13H2,1H3,(H2,22,24). The maximum absolute atomic E-state index is 11.7. The van der Waals surface area contributed by atoms with Gasteiger partial charge in [-0.15, -0.1) is 0 Å². The summed E-state index contributed by atoms with van der Waals surface area (Å²) in [6.07, 6.45) is 16.2. The first-order chi connectivity index (χ1) is 11.6. The molecule has 0 bridgehead atoms. The summed E-state index contributed by atoms with van der Waals surface area (Å²) in [4.78, 5) is 11.7. The lowest BCUT2D eigenvalue weighted by atomic mass is 9.92. The summed E-state index contributed by atoms with van der Waals surface area (Å²) in [6.45, 7) is 2.17. The molecule has 24 heavy (non-hydrogen) atoms. The lowest BCUT2D eigenvalue weighted by Gasteiger charge is -2.13. The third kappa shape index (κ3) is 8.76. The molecule has 1 amide bonds. The molecule has 1 aromatic carbocycles. The van der Waals surface area contributed by atoms with Crippen molar-refractivity contribution in [3.8, 4) is 5.75 Å². The minimum Gasteiger partial charge on any atom is -0.508 e. The topological polar surface area (TPSA) is 63.3 Å². The number of unbranched alkanes of at least 4 members (excludes halogenated alkanes) is 7. The number of phenols is 1. The Bertz CT molecular complexity index is 479. The predicted octanol–water partition coefficient (Wildman–Crippen LogP) is 5.44. The van der Waals surface area contributed by atoms with Crippen LogP contribution in [0.2, 0.25) is 0 Å². The van der Waals surface area contributed by atoms with E-state index in [2.05, 4.69) is 19.1 Å². The van der Waals surface area contributed by atoms with Gasteiger partial charge in [-0.2, -0.15) is 0 Å². The van der Waals surface area contributed by atoms with Crippen LogP contribution in [0.15, 0.2) is 36.4 Å². The first kappa shape index (κ1) is 20.3. The van der Waals surface area contributed by atoms with Gasteiger partial charge in [0.25, 0.3) is 0 Å². The smallest absolute Gasteiger partial charge is 0.224 e.